The normalized spacial score (nSPS) is 15.8. The van der Waals surface area contributed by atoms with E-state index in [0.717, 1.165) is 6.42 Å². The highest BCUT2D eigenvalue weighted by molar-refractivity contribution is 5.69. The number of hydrogen-bond acceptors (Lipinski definition) is 3. The number of rotatable bonds is 6. The van der Waals surface area contributed by atoms with Gasteiger partial charge >= 0.3 is 5.97 Å². The Balaban J connectivity index is 4.14. The molecule has 0 aliphatic heterocycles. The largest absolute Gasteiger partial charge is 0.481 e. The molecule has 2 unspecified atom stereocenters. The summed E-state index contributed by atoms with van der Waals surface area (Å²) in [7, 11) is 0. The molecule has 4 heteroatoms. The molecule has 0 aromatic heterocycles. The number of carboxylic acids is 1. The van der Waals surface area contributed by atoms with E-state index in [1.54, 1.807) is 6.92 Å². The van der Waals surface area contributed by atoms with Gasteiger partial charge < -0.3 is 15.3 Å². The fraction of sp³-hybridized carbons (Fsp3) is 0.889. The molecule has 0 heterocycles. The summed E-state index contributed by atoms with van der Waals surface area (Å²) in [6, 6.07) is 0. The molecule has 0 amide bonds. The van der Waals surface area contributed by atoms with Crippen LogP contribution >= 0.6 is 0 Å². The molecule has 0 fully saturated rings. The van der Waals surface area contributed by atoms with Crippen molar-refractivity contribution in [3.63, 3.8) is 0 Å². The third-order valence-corrected chi connectivity index (χ3v) is 2.27. The van der Waals surface area contributed by atoms with E-state index in [1.807, 2.05) is 6.92 Å². The van der Waals surface area contributed by atoms with E-state index in [0.29, 0.717) is 6.42 Å². The van der Waals surface area contributed by atoms with Crippen LogP contribution in [0.2, 0.25) is 0 Å². The van der Waals surface area contributed by atoms with Gasteiger partial charge in [-0.3, -0.25) is 4.79 Å². The van der Waals surface area contributed by atoms with E-state index in [9.17, 15) is 4.79 Å². The minimum atomic E-state index is -1.40. The lowest BCUT2D eigenvalue weighted by molar-refractivity contribution is -0.144. The summed E-state index contributed by atoms with van der Waals surface area (Å²) in [5, 5.41) is 26.2. The first-order valence-electron chi connectivity index (χ1n) is 4.58. The summed E-state index contributed by atoms with van der Waals surface area (Å²) in [4.78, 5) is 10.6. The van der Waals surface area contributed by atoms with Gasteiger partial charge in [0.1, 0.15) is 0 Å². The molecule has 0 aliphatic rings. The summed E-state index contributed by atoms with van der Waals surface area (Å²) < 4.78 is 0. The second-order valence-electron chi connectivity index (χ2n) is 3.39. The highest BCUT2D eigenvalue weighted by Gasteiger charge is 2.24. The minimum Gasteiger partial charge on any atom is -0.481 e. The third-order valence-electron chi connectivity index (χ3n) is 2.27. The molecule has 0 radical (unpaired) electrons. The Morgan fingerprint density at radius 2 is 1.92 bits per heavy atom. The Morgan fingerprint density at radius 3 is 2.23 bits per heavy atom. The standard InChI is InChI=1S/C9H18O4/c1-3-4-7(5-8(10)11)6(2)9(12)13/h6-8,10-11H,3-5H2,1-2H3,(H,12,13). The van der Waals surface area contributed by atoms with Gasteiger partial charge in [0.2, 0.25) is 0 Å². The molecule has 3 N–H and O–H groups in total. The zero-order valence-electron chi connectivity index (χ0n) is 8.10. The SMILES string of the molecule is CCCC(CC(O)O)C(C)C(=O)O. The zero-order valence-corrected chi connectivity index (χ0v) is 8.10. The van der Waals surface area contributed by atoms with Crippen LogP contribution in [0.4, 0.5) is 0 Å². The second-order valence-corrected chi connectivity index (χ2v) is 3.39. The van der Waals surface area contributed by atoms with Crippen LogP contribution in [0.5, 0.6) is 0 Å². The average molecular weight is 190 g/mol. The molecule has 0 rings (SSSR count). The van der Waals surface area contributed by atoms with Crippen molar-refractivity contribution in [1.82, 2.24) is 0 Å². The Kier molecular flexibility index (Phi) is 5.66. The molecule has 0 aliphatic carbocycles. The number of carboxylic acid groups (broad SMARTS) is 1. The first-order valence-corrected chi connectivity index (χ1v) is 4.58. The third kappa shape index (κ3) is 4.85. The molecule has 0 saturated carbocycles. The van der Waals surface area contributed by atoms with Gasteiger partial charge in [-0.15, -0.1) is 0 Å². The van der Waals surface area contributed by atoms with Crippen molar-refractivity contribution in [1.29, 1.82) is 0 Å². The quantitative estimate of drug-likeness (QED) is 0.542. The van der Waals surface area contributed by atoms with Gasteiger partial charge in [0.15, 0.2) is 6.29 Å². The van der Waals surface area contributed by atoms with Crippen LogP contribution in [-0.2, 0) is 4.79 Å². The molecule has 13 heavy (non-hydrogen) atoms. The van der Waals surface area contributed by atoms with Gasteiger partial charge in [-0.05, 0) is 12.3 Å². The summed E-state index contributed by atoms with van der Waals surface area (Å²) in [5.41, 5.74) is 0. The van der Waals surface area contributed by atoms with Crippen LogP contribution in [-0.4, -0.2) is 27.6 Å². The van der Waals surface area contributed by atoms with E-state index >= 15 is 0 Å². The van der Waals surface area contributed by atoms with Crippen LogP contribution in [0.25, 0.3) is 0 Å². The van der Waals surface area contributed by atoms with Gasteiger partial charge in [-0.25, -0.2) is 0 Å². The van der Waals surface area contributed by atoms with Crippen molar-refractivity contribution < 1.29 is 20.1 Å². The Morgan fingerprint density at radius 1 is 1.38 bits per heavy atom. The zero-order chi connectivity index (χ0) is 10.4. The lowest BCUT2D eigenvalue weighted by atomic mass is 9.87. The maximum atomic E-state index is 10.6. The van der Waals surface area contributed by atoms with Crippen LogP contribution in [0, 0.1) is 11.8 Å². The Bertz CT molecular complexity index is 156. The lowest BCUT2D eigenvalue weighted by Gasteiger charge is -2.20. The summed E-state index contributed by atoms with van der Waals surface area (Å²) in [6.45, 7) is 3.55. The first kappa shape index (κ1) is 12.4. The molecular formula is C9H18O4. The van der Waals surface area contributed by atoms with Gasteiger partial charge in [-0.1, -0.05) is 20.3 Å². The number of aliphatic carboxylic acids is 1. The van der Waals surface area contributed by atoms with Crippen LogP contribution in [0.15, 0.2) is 0 Å². The van der Waals surface area contributed by atoms with Crippen molar-refractivity contribution in [3.8, 4) is 0 Å². The van der Waals surface area contributed by atoms with E-state index < -0.39 is 18.2 Å². The van der Waals surface area contributed by atoms with Crippen LogP contribution < -0.4 is 0 Å². The van der Waals surface area contributed by atoms with Crippen molar-refractivity contribution in [2.45, 2.75) is 39.4 Å². The molecule has 78 valence electrons. The van der Waals surface area contributed by atoms with Gasteiger partial charge in [0.25, 0.3) is 0 Å². The van der Waals surface area contributed by atoms with Gasteiger partial charge in [0, 0.05) is 6.42 Å². The number of aliphatic hydroxyl groups excluding tert-OH is 1. The summed E-state index contributed by atoms with van der Waals surface area (Å²) in [6.07, 6.45) is 0.305. The van der Waals surface area contributed by atoms with E-state index in [-0.39, 0.29) is 12.3 Å². The average Bonchev–Trinajstić information content (AvgIpc) is 2.01. The highest BCUT2D eigenvalue weighted by atomic mass is 16.5. The number of carbonyl (C=O) groups is 1. The van der Waals surface area contributed by atoms with Crippen molar-refractivity contribution in [2.75, 3.05) is 0 Å². The van der Waals surface area contributed by atoms with Crippen LogP contribution in [0.3, 0.4) is 0 Å². The maximum Gasteiger partial charge on any atom is 0.306 e. The fourth-order valence-corrected chi connectivity index (χ4v) is 1.42. The Labute approximate surface area is 78.2 Å². The summed E-state index contributed by atoms with van der Waals surface area (Å²) >= 11 is 0. The summed E-state index contributed by atoms with van der Waals surface area (Å²) in [5.74, 6) is -1.54. The fourth-order valence-electron chi connectivity index (χ4n) is 1.42. The van der Waals surface area contributed by atoms with Gasteiger partial charge in [0.05, 0.1) is 5.92 Å². The second kappa shape index (κ2) is 5.94. The van der Waals surface area contributed by atoms with E-state index in [1.165, 1.54) is 0 Å². The van der Waals surface area contributed by atoms with Gasteiger partial charge in [-0.2, -0.15) is 0 Å². The number of aliphatic hydroxyl groups is 2. The van der Waals surface area contributed by atoms with Crippen molar-refractivity contribution in [2.24, 2.45) is 11.8 Å². The predicted molar refractivity (Wildman–Crippen MR) is 48.0 cm³/mol. The smallest absolute Gasteiger partial charge is 0.306 e. The monoisotopic (exact) mass is 190 g/mol. The topological polar surface area (TPSA) is 77.8 Å². The molecule has 0 aromatic rings. The van der Waals surface area contributed by atoms with Crippen molar-refractivity contribution >= 4 is 5.97 Å². The predicted octanol–water partition coefficient (Wildman–Crippen LogP) is 0.824. The molecule has 0 spiro atoms. The molecule has 0 bridgehead atoms. The van der Waals surface area contributed by atoms with Crippen molar-refractivity contribution in [3.05, 3.63) is 0 Å². The first-order chi connectivity index (χ1) is 5.99. The Hall–Kier alpha value is -0.610. The highest BCUT2D eigenvalue weighted by Crippen LogP contribution is 2.22. The maximum absolute atomic E-state index is 10.6. The molecular weight excluding hydrogens is 172 g/mol. The lowest BCUT2D eigenvalue weighted by Crippen LogP contribution is -2.24. The van der Waals surface area contributed by atoms with Crippen LogP contribution in [0.1, 0.15) is 33.1 Å². The minimum absolute atomic E-state index is 0.140. The van der Waals surface area contributed by atoms with E-state index in [2.05, 4.69) is 0 Å². The molecule has 0 saturated heterocycles. The molecule has 0 aromatic carbocycles. The molecule has 2 atom stereocenters. The number of hydrogen-bond donors (Lipinski definition) is 3. The van der Waals surface area contributed by atoms with E-state index in [4.69, 9.17) is 15.3 Å². The molecule has 4 nitrogen and oxygen atoms in total.